The Morgan fingerprint density at radius 1 is 1.52 bits per heavy atom. The van der Waals surface area contributed by atoms with Gasteiger partial charge in [0.05, 0.1) is 17.5 Å². The van der Waals surface area contributed by atoms with Crippen molar-refractivity contribution in [2.45, 2.75) is 19.8 Å². The van der Waals surface area contributed by atoms with Crippen molar-refractivity contribution in [3.63, 3.8) is 0 Å². The van der Waals surface area contributed by atoms with Gasteiger partial charge < -0.3 is 15.0 Å². The molecular formula is C16H23BrN2O2. The van der Waals surface area contributed by atoms with Gasteiger partial charge in [0.25, 0.3) is 0 Å². The summed E-state index contributed by atoms with van der Waals surface area (Å²) in [4.78, 5) is 14.1. The number of benzene rings is 1. The minimum Gasteiger partial charge on any atom is -0.492 e. The number of amides is 1. The highest BCUT2D eigenvalue weighted by atomic mass is 79.9. The van der Waals surface area contributed by atoms with E-state index in [0.29, 0.717) is 18.9 Å². The second-order valence-corrected chi connectivity index (χ2v) is 6.44. The summed E-state index contributed by atoms with van der Waals surface area (Å²) in [5, 5.41) is 3.18. The molecule has 0 spiro atoms. The molecule has 4 nitrogen and oxygen atoms in total. The molecule has 1 amide bonds. The van der Waals surface area contributed by atoms with Crippen molar-refractivity contribution in [3.8, 4) is 5.75 Å². The molecule has 1 fully saturated rings. The number of aryl methyl sites for hydroxylation is 1. The van der Waals surface area contributed by atoms with E-state index >= 15 is 0 Å². The molecule has 0 saturated carbocycles. The van der Waals surface area contributed by atoms with E-state index in [9.17, 15) is 4.79 Å². The minimum absolute atomic E-state index is 0.192. The van der Waals surface area contributed by atoms with Crippen LogP contribution in [0.4, 0.5) is 0 Å². The first kappa shape index (κ1) is 16.3. The van der Waals surface area contributed by atoms with Crippen LogP contribution in [-0.4, -0.2) is 44.1 Å². The summed E-state index contributed by atoms with van der Waals surface area (Å²) in [5.74, 6) is 1.57. The molecule has 0 bridgehead atoms. The maximum Gasteiger partial charge on any atom is 0.226 e. The van der Waals surface area contributed by atoms with Gasteiger partial charge in [-0.05, 0) is 66.5 Å². The first-order chi connectivity index (χ1) is 10.1. The van der Waals surface area contributed by atoms with Gasteiger partial charge in [-0.2, -0.15) is 0 Å². The van der Waals surface area contributed by atoms with Crippen molar-refractivity contribution in [3.05, 3.63) is 28.2 Å². The number of hydrogen-bond acceptors (Lipinski definition) is 3. The molecule has 0 radical (unpaired) electrons. The lowest BCUT2D eigenvalue weighted by molar-refractivity contribution is -0.130. The number of halogens is 1. The van der Waals surface area contributed by atoms with E-state index < -0.39 is 0 Å². The quantitative estimate of drug-likeness (QED) is 0.853. The Morgan fingerprint density at radius 2 is 2.33 bits per heavy atom. The highest BCUT2D eigenvalue weighted by molar-refractivity contribution is 9.10. The molecule has 116 valence electrons. The zero-order valence-corrected chi connectivity index (χ0v) is 14.3. The number of nitrogens with one attached hydrogen (secondary N) is 1. The van der Waals surface area contributed by atoms with Gasteiger partial charge in [-0.15, -0.1) is 0 Å². The number of rotatable bonds is 6. The van der Waals surface area contributed by atoms with E-state index in [1.807, 2.05) is 37.1 Å². The fraction of sp³-hybridized carbons (Fsp3) is 0.562. The molecule has 1 aliphatic rings. The highest BCUT2D eigenvalue weighted by Gasteiger charge is 2.25. The zero-order chi connectivity index (χ0) is 15.2. The summed E-state index contributed by atoms with van der Waals surface area (Å²) in [5.41, 5.74) is 1.18. The third-order valence-corrected chi connectivity index (χ3v) is 4.41. The van der Waals surface area contributed by atoms with Crippen molar-refractivity contribution in [2.24, 2.45) is 5.92 Å². The topological polar surface area (TPSA) is 41.6 Å². The molecule has 0 unspecified atom stereocenters. The van der Waals surface area contributed by atoms with Crippen LogP contribution >= 0.6 is 15.9 Å². The zero-order valence-electron chi connectivity index (χ0n) is 12.7. The standard InChI is InChI=1S/C16H23BrN2O2/c1-12-3-4-15(14(17)9-12)21-8-6-16(20)19-7-5-13(11-19)10-18-2/h3-4,9,13,18H,5-8,10-11H2,1-2H3/t13-/m0/s1. The third-order valence-electron chi connectivity index (χ3n) is 3.79. The van der Waals surface area contributed by atoms with Gasteiger partial charge in [-0.3, -0.25) is 4.79 Å². The lowest BCUT2D eigenvalue weighted by Crippen LogP contribution is -2.31. The molecule has 1 heterocycles. The lowest BCUT2D eigenvalue weighted by atomic mass is 10.1. The summed E-state index contributed by atoms with van der Waals surface area (Å²) in [6, 6.07) is 5.95. The number of nitrogens with zero attached hydrogens (tertiary/aromatic N) is 1. The number of carbonyl (C=O) groups is 1. The smallest absolute Gasteiger partial charge is 0.226 e. The van der Waals surface area contributed by atoms with E-state index in [2.05, 4.69) is 21.2 Å². The van der Waals surface area contributed by atoms with E-state index in [1.165, 1.54) is 5.56 Å². The van der Waals surface area contributed by atoms with Gasteiger partial charge >= 0.3 is 0 Å². The van der Waals surface area contributed by atoms with Crippen LogP contribution in [0.15, 0.2) is 22.7 Å². The maximum absolute atomic E-state index is 12.1. The van der Waals surface area contributed by atoms with Crippen LogP contribution in [0, 0.1) is 12.8 Å². The Bertz CT molecular complexity index is 493. The number of likely N-dealkylation sites (tertiary alicyclic amines) is 1. The van der Waals surface area contributed by atoms with E-state index in [1.54, 1.807) is 0 Å². The average molecular weight is 355 g/mol. The van der Waals surface area contributed by atoms with E-state index in [4.69, 9.17) is 4.74 Å². The van der Waals surface area contributed by atoms with E-state index in [0.717, 1.165) is 36.3 Å². The van der Waals surface area contributed by atoms with Gasteiger partial charge in [0.1, 0.15) is 5.75 Å². The van der Waals surface area contributed by atoms with Crippen molar-refractivity contribution < 1.29 is 9.53 Å². The average Bonchev–Trinajstić information content (AvgIpc) is 2.90. The first-order valence-corrected chi connectivity index (χ1v) is 8.20. The van der Waals surface area contributed by atoms with Gasteiger partial charge in [0.15, 0.2) is 0 Å². The van der Waals surface area contributed by atoms with Crippen LogP contribution < -0.4 is 10.1 Å². The van der Waals surface area contributed by atoms with Crippen molar-refractivity contribution in [1.82, 2.24) is 10.2 Å². The Hall–Kier alpha value is -1.07. The fourth-order valence-corrected chi connectivity index (χ4v) is 3.25. The van der Waals surface area contributed by atoms with Crippen LogP contribution in [0.25, 0.3) is 0 Å². The monoisotopic (exact) mass is 354 g/mol. The Balaban J connectivity index is 1.74. The Labute approximate surface area is 135 Å². The molecule has 1 aromatic carbocycles. The largest absolute Gasteiger partial charge is 0.492 e. The van der Waals surface area contributed by atoms with Crippen LogP contribution in [0.5, 0.6) is 5.75 Å². The molecule has 0 aromatic heterocycles. The van der Waals surface area contributed by atoms with Gasteiger partial charge in [-0.25, -0.2) is 0 Å². The normalized spacial score (nSPS) is 18.0. The molecular weight excluding hydrogens is 332 g/mol. The first-order valence-electron chi connectivity index (χ1n) is 7.41. The van der Waals surface area contributed by atoms with Crippen LogP contribution in [0.1, 0.15) is 18.4 Å². The van der Waals surface area contributed by atoms with E-state index in [-0.39, 0.29) is 5.91 Å². The second kappa shape index (κ2) is 7.80. The number of ether oxygens (including phenoxy) is 1. The number of hydrogen-bond donors (Lipinski definition) is 1. The predicted molar refractivity (Wildman–Crippen MR) is 87.6 cm³/mol. The second-order valence-electron chi connectivity index (χ2n) is 5.58. The Morgan fingerprint density at radius 3 is 3.05 bits per heavy atom. The summed E-state index contributed by atoms with van der Waals surface area (Å²) in [6.07, 6.45) is 1.53. The molecule has 1 aromatic rings. The minimum atomic E-state index is 0.192. The molecule has 5 heteroatoms. The fourth-order valence-electron chi connectivity index (χ4n) is 2.64. The summed E-state index contributed by atoms with van der Waals surface area (Å²) < 4.78 is 6.63. The molecule has 1 atom stereocenters. The van der Waals surface area contributed by atoms with Gasteiger partial charge in [0.2, 0.25) is 5.91 Å². The summed E-state index contributed by atoms with van der Waals surface area (Å²) >= 11 is 3.48. The lowest BCUT2D eigenvalue weighted by Gasteiger charge is -2.17. The molecule has 2 rings (SSSR count). The summed E-state index contributed by atoms with van der Waals surface area (Å²) in [7, 11) is 1.96. The third kappa shape index (κ3) is 4.71. The molecule has 0 aliphatic carbocycles. The molecule has 1 saturated heterocycles. The van der Waals surface area contributed by atoms with Crippen molar-refractivity contribution in [2.75, 3.05) is 33.3 Å². The van der Waals surface area contributed by atoms with Gasteiger partial charge in [0, 0.05) is 13.1 Å². The van der Waals surface area contributed by atoms with Crippen molar-refractivity contribution in [1.29, 1.82) is 0 Å². The molecule has 21 heavy (non-hydrogen) atoms. The Kier molecular flexibility index (Phi) is 6.06. The highest BCUT2D eigenvalue weighted by Crippen LogP contribution is 2.26. The molecule has 1 N–H and O–H groups in total. The maximum atomic E-state index is 12.1. The van der Waals surface area contributed by atoms with Crippen molar-refractivity contribution >= 4 is 21.8 Å². The number of carbonyl (C=O) groups excluding carboxylic acids is 1. The predicted octanol–water partition coefficient (Wildman–Crippen LogP) is 2.59. The van der Waals surface area contributed by atoms with Crippen LogP contribution in [-0.2, 0) is 4.79 Å². The molecule has 1 aliphatic heterocycles. The SMILES string of the molecule is CNC[C@@H]1CCN(C(=O)CCOc2ccc(C)cc2Br)C1. The van der Waals surface area contributed by atoms with Crippen LogP contribution in [0.3, 0.4) is 0 Å². The van der Waals surface area contributed by atoms with Crippen LogP contribution in [0.2, 0.25) is 0 Å². The van der Waals surface area contributed by atoms with Gasteiger partial charge in [-0.1, -0.05) is 6.07 Å². The summed E-state index contributed by atoms with van der Waals surface area (Å²) in [6.45, 7) is 5.19.